The standard InChI is InChI=1S/C16H25N3O/c1-19(13-9-15-4-2-3-10-18-15)16(20)6-5-14-7-11-17-12-8-14/h2-4,10,14,17H,5-9,11-13H2,1H3. The van der Waals surface area contributed by atoms with Gasteiger partial charge in [0.15, 0.2) is 0 Å². The van der Waals surface area contributed by atoms with E-state index in [0.717, 1.165) is 44.1 Å². The van der Waals surface area contributed by atoms with Crippen molar-refractivity contribution in [3.8, 4) is 0 Å². The molecule has 0 bridgehead atoms. The minimum Gasteiger partial charge on any atom is -0.345 e. The zero-order chi connectivity index (χ0) is 14.2. The van der Waals surface area contributed by atoms with E-state index in [9.17, 15) is 4.79 Å². The van der Waals surface area contributed by atoms with Gasteiger partial charge in [-0.2, -0.15) is 0 Å². The number of amides is 1. The van der Waals surface area contributed by atoms with Crippen LogP contribution in [-0.4, -0.2) is 42.5 Å². The monoisotopic (exact) mass is 275 g/mol. The summed E-state index contributed by atoms with van der Waals surface area (Å²) in [5.74, 6) is 0.990. The highest BCUT2D eigenvalue weighted by atomic mass is 16.2. The number of hydrogen-bond acceptors (Lipinski definition) is 3. The predicted molar refractivity (Wildman–Crippen MR) is 80.4 cm³/mol. The van der Waals surface area contributed by atoms with Crippen LogP contribution in [0.4, 0.5) is 0 Å². The van der Waals surface area contributed by atoms with Crippen LogP contribution in [0.1, 0.15) is 31.4 Å². The highest BCUT2D eigenvalue weighted by Gasteiger charge is 2.16. The van der Waals surface area contributed by atoms with E-state index in [1.165, 1.54) is 12.8 Å². The van der Waals surface area contributed by atoms with E-state index < -0.39 is 0 Å². The minimum atomic E-state index is 0.263. The van der Waals surface area contributed by atoms with E-state index in [0.29, 0.717) is 6.42 Å². The Balaban J connectivity index is 1.66. The lowest BCUT2D eigenvalue weighted by Crippen LogP contribution is -2.31. The number of pyridine rings is 1. The third-order valence-corrected chi connectivity index (χ3v) is 4.08. The first-order chi connectivity index (χ1) is 9.75. The van der Waals surface area contributed by atoms with Crippen LogP contribution in [0.5, 0.6) is 0 Å². The van der Waals surface area contributed by atoms with Gasteiger partial charge in [0.25, 0.3) is 0 Å². The molecular formula is C16H25N3O. The molecular weight excluding hydrogens is 250 g/mol. The first-order valence-corrected chi connectivity index (χ1v) is 7.60. The summed E-state index contributed by atoms with van der Waals surface area (Å²) in [5, 5.41) is 3.36. The third-order valence-electron chi connectivity index (χ3n) is 4.08. The van der Waals surface area contributed by atoms with Crippen molar-refractivity contribution in [2.24, 2.45) is 5.92 Å². The zero-order valence-electron chi connectivity index (χ0n) is 12.3. The van der Waals surface area contributed by atoms with Gasteiger partial charge in [-0.3, -0.25) is 9.78 Å². The summed E-state index contributed by atoms with van der Waals surface area (Å²) in [4.78, 5) is 18.2. The second-order valence-corrected chi connectivity index (χ2v) is 5.62. The molecule has 0 saturated carbocycles. The number of likely N-dealkylation sites (N-methyl/N-ethyl adjacent to an activating group) is 1. The molecule has 4 heteroatoms. The summed E-state index contributed by atoms with van der Waals surface area (Å²) in [6, 6.07) is 5.91. The Morgan fingerprint density at radius 2 is 2.20 bits per heavy atom. The minimum absolute atomic E-state index is 0.263. The maximum absolute atomic E-state index is 12.1. The summed E-state index contributed by atoms with van der Waals surface area (Å²) < 4.78 is 0. The number of carbonyl (C=O) groups is 1. The van der Waals surface area contributed by atoms with Gasteiger partial charge in [-0.1, -0.05) is 6.07 Å². The van der Waals surface area contributed by atoms with Gasteiger partial charge in [0.1, 0.15) is 0 Å². The summed E-state index contributed by atoms with van der Waals surface area (Å²) in [7, 11) is 1.90. The summed E-state index contributed by atoms with van der Waals surface area (Å²) in [6.07, 6.45) is 6.78. The SMILES string of the molecule is CN(CCc1ccccn1)C(=O)CCC1CCNCC1. The largest absolute Gasteiger partial charge is 0.345 e. The highest BCUT2D eigenvalue weighted by molar-refractivity contribution is 5.75. The molecule has 0 radical (unpaired) electrons. The van der Waals surface area contributed by atoms with Gasteiger partial charge in [-0.05, 0) is 50.4 Å². The van der Waals surface area contributed by atoms with Crippen LogP contribution >= 0.6 is 0 Å². The van der Waals surface area contributed by atoms with Gasteiger partial charge >= 0.3 is 0 Å². The molecule has 0 aromatic carbocycles. The molecule has 1 fully saturated rings. The number of aromatic nitrogens is 1. The molecule has 1 aromatic heterocycles. The quantitative estimate of drug-likeness (QED) is 0.862. The molecule has 1 N–H and O–H groups in total. The third kappa shape index (κ3) is 4.93. The van der Waals surface area contributed by atoms with Gasteiger partial charge < -0.3 is 10.2 Å². The van der Waals surface area contributed by atoms with E-state index in [1.807, 2.05) is 30.1 Å². The fraction of sp³-hybridized carbons (Fsp3) is 0.625. The van der Waals surface area contributed by atoms with E-state index >= 15 is 0 Å². The Bertz CT molecular complexity index is 401. The Kier molecular flexibility index (Phi) is 5.99. The lowest BCUT2D eigenvalue weighted by Gasteiger charge is -2.23. The van der Waals surface area contributed by atoms with Crippen molar-refractivity contribution in [2.45, 2.75) is 32.1 Å². The molecule has 0 spiro atoms. The number of carbonyl (C=O) groups excluding carboxylic acids is 1. The predicted octanol–water partition coefficient (Wildman–Crippen LogP) is 1.86. The maximum atomic E-state index is 12.1. The average Bonchev–Trinajstić information content (AvgIpc) is 2.52. The lowest BCUT2D eigenvalue weighted by molar-refractivity contribution is -0.130. The van der Waals surface area contributed by atoms with E-state index in [-0.39, 0.29) is 5.91 Å². The van der Waals surface area contributed by atoms with Crippen molar-refractivity contribution < 1.29 is 4.79 Å². The maximum Gasteiger partial charge on any atom is 0.222 e. The molecule has 1 aromatic rings. The number of nitrogens with zero attached hydrogens (tertiary/aromatic N) is 2. The van der Waals surface area contributed by atoms with Gasteiger partial charge in [-0.25, -0.2) is 0 Å². The second-order valence-electron chi connectivity index (χ2n) is 5.62. The topological polar surface area (TPSA) is 45.2 Å². The molecule has 1 aliphatic rings. The second kappa shape index (κ2) is 8.00. The van der Waals surface area contributed by atoms with Crippen molar-refractivity contribution in [1.29, 1.82) is 0 Å². The van der Waals surface area contributed by atoms with Crippen molar-refractivity contribution in [3.05, 3.63) is 30.1 Å². The number of hydrogen-bond donors (Lipinski definition) is 1. The normalized spacial score (nSPS) is 16.1. The Morgan fingerprint density at radius 1 is 1.40 bits per heavy atom. The zero-order valence-corrected chi connectivity index (χ0v) is 12.3. The lowest BCUT2D eigenvalue weighted by atomic mass is 9.93. The van der Waals surface area contributed by atoms with Crippen LogP contribution in [0.15, 0.2) is 24.4 Å². The highest BCUT2D eigenvalue weighted by Crippen LogP contribution is 2.18. The molecule has 110 valence electrons. The van der Waals surface area contributed by atoms with E-state index in [1.54, 1.807) is 6.20 Å². The fourth-order valence-electron chi connectivity index (χ4n) is 2.64. The molecule has 0 unspecified atom stereocenters. The van der Waals surface area contributed by atoms with Crippen LogP contribution in [0, 0.1) is 5.92 Å². The van der Waals surface area contributed by atoms with Crippen LogP contribution in [0.2, 0.25) is 0 Å². The molecule has 0 aliphatic carbocycles. The summed E-state index contributed by atoms with van der Waals surface area (Å²) >= 11 is 0. The molecule has 0 atom stereocenters. The van der Waals surface area contributed by atoms with E-state index in [2.05, 4.69) is 10.3 Å². The molecule has 1 saturated heterocycles. The fourth-order valence-corrected chi connectivity index (χ4v) is 2.64. The molecule has 2 heterocycles. The first-order valence-electron chi connectivity index (χ1n) is 7.60. The van der Waals surface area contributed by atoms with Crippen molar-refractivity contribution >= 4 is 5.91 Å². The van der Waals surface area contributed by atoms with Crippen LogP contribution in [0.3, 0.4) is 0 Å². The summed E-state index contributed by atoms with van der Waals surface area (Å²) in [5.41, 5.74) is 1.05. The van der Waals surface area contributed by atoms with Crippen molar-refractivity contribution in [3.63, 3.8) is 0 Å². The van der Waals surface area contributed by atoms with Crippen LogP contribution in [0.25, 0.3) is 0 Å². The Labute approximate surface area is 121 Å². The first kappa shape index (κ1) is 15.0. The average molecular weight is 275 g/mol. The smallest absolute Gasteiger partial charge is 0.222 e. The molecule has 2 rings (SSSR count). The van der Waals surface area contributed by atoms with Gasteiger partial charge in [-0.15, -0.1) is 0 Å². The van der Waals surface area contributed by atoms with Crippen molar-refractivity contribution in [1.82, 2.24) is 15.2 Å². The molecule has 20 heavy (non-hydrogen) atoms. The van der Waals surface area contributed by atoms with Gasteiger partial charge in [0.05, 0.1) is 0 Å². The molecule has 4 nitrogen and oxygen atoms in total. The Morgan fingerprint density at radius 3 is 2.90 bits per heavy atom. The molecule has 1 amide bonds. The number of piperidine rings is 1. The van der Waals surface area contributed by atoms with Gasteiger partial charge in [0.2, 0.25) is 5.91 Å². The molecule has 1 aliphatic heterocycles. The van der Waals surface area contributed by atoms with Crippen molar-refractivity contribution in [2.75, 3.05) is 26.7 Å². The van der Waals surface area contributed by atoms with Crippen LogP contribution < -0.4 is 5.32 Å². The number of rotatable bonds is 6. The number of nitrogens with one attached hydrogen (secondary N) is 1. The Hall–Kier alpha value is -1.42. The van der Waals surface area contributed by atoms with E-state index in [4.69, 9.17) is 0 Å². The van der Waals surface area contributed by atoms with Gasteiger partial charge in [0, 0.05) is 38.3 Å². The van der Waals surface area contributed by atoms with Crippen LogP contribution in [-0.2, 0) is 11.2 Å². The summed E-state index contributed by atoms with van der Waals surface area (Å²) in [6.45, 7) is 2.96.